The van der Waals surface area contributed by atoms with Crippen LogP contribution >= 0.6 is 0 Å². The summed E-state index contributed by atoms with van der Waals surface area (Å²) in [6.45, 7) is 29.3. The fourth-order valence-corrected chi connectivity index (χ4v) is 6.03. The molecule has 31 heavy (non-hydrogen) atoms. The summed E-state index contributed by atoms with van der Waals surface area (Å²) in [5.41, 5.74) is 0. The van der Waals surface area contributed by atoms with Crippen LogP contribution in [0.15, 0.2) is 0 Å². The molecular formula is C27H56N4. The zero-order valence-electron chi connectivity index (χ0n) is 22.4. The van der Waals surface area contributed by atoms with Crippen molar-refractivity contribution in [2.45, 2.75) is 112 Å². The first-order valence-electron chi connectivity index (χ1n) is 13.6. The van der Waals surface area contributed by atoms with Gasteiger partial charge in [-0.2, -0.15) is 0 Å². The van der Waals surface area contributed by atoms with Crippen molar-refractivity contribution in [3.05, 3.63) is 0 Å². The topological polar surface area (TPSA) is 13.0 Å². The van der Waals surface area contributed by atoms with Gasteiger partial charge in [0.2, 0.25) is 0 Å². The van der Waals surface area contributed by atoms with Crippen LogP contribution in [-0.2, 0) is 0 Å². The predicted octanol–water partition coefficient (Wildman–Crippen LogP) is 5.04. The Hall–Kier alpha value is -0.160. The number of piperazine rings is 2. The lowest BCUT2D eigenvalue weighted by molar-refractivity contribution is 0.0157. The number of hydrogen-bond acceptors (Lipinski definition) is 4. The van der Waals surface area contributed by atoms with Crippen molar-refractivity contribution in [3.8, 4) is 0 Å². The van der Waals surface area contributed by atoms with Gasteiger partial charge in [0.1, 0.15) is 0 Å². The lowest BCUT2D eigenvalue weighted by Crippen LogP contribution is -2.58. The van der Waals surface area contributed by atoms with Crippen LogP contribution in [0.3, 0.4) is 0 Å². The van der Waals surface area contributed by atoms with Gasteiger partial charge in [-0.25, -0.2) is 0 Å². The molecule has 0 radical (unpaired) electrons. The summed E-state index contributed by atoms with van der Waals surface area (Å²) < 4.78 is 0. The highest BCUT2D eigenvalue weighted by atomic mass is 15.3. The molecule has 0 aromatic heterocycles. The lowest BCUT2D eigenvalue weighted by Gasteiger charge is -2.46. The van der Waals surface area contributed by atoms with Crippen LogP contribution in [0.4, 0.5) is 0 Å². The molecular weight excluding hydrogens is 380 g/mol. The van der Waals surface area contributed by atoms with E-state index < -0.39 is 0 Å². The summed E-state index contributed by atoms with van der Waals surface area (Å²) in [5.74, 6) is 1.69. The first-order chi connectivity index (χ1) is 14.7. The van der Waals surface area contributed by atoms with E-state index in [0.29, 0.717) is 18.1 Å². The molecule has 184 valence electrons. The van der Waals surface area contributed by atoms with E-state index in [9.17, 15) is 0 Å². The smallest absolute Gasteiger partial charge is 0.0200 e. The predicted molar refractivity (Wildman–Crippen MR) is 137 cm³/mol. The fourth-order valence-electron chi connectivity index (χ4n) is 6.03. The second-order valence-electron chi connectivity index (χ2n) is 11.7. The molecule has 2 saturated heterocycles. The Balaban J connectivity index is 1.57. The van der Waals surface area contributed by atoms with E-state index in [1.807, 2.05) is 0 Å². The second-order valence-corrected chi connectivity index (χ2v) is 11.7. The monoisotopic (exact) mass is 436 g/mol. The molecule has 2 unspecified atom stereocenters. The van der Waals surface area contributed by atoms with E-state index in [4.69, 9.17) is 0 Å². The standard InChI is InChI=1S/C27H56N4/c1-22(2)13-15-28-16-18-30(19-17-28)25(6)12-11-24(5)10-9-14-29-20-26(7)31(23(3)4)27(8)21-29/h22-27H,9-21H2,1-8H3/t24?,25?,26-,27+. The van der Waals surface area contributed by atoms with Crippen molar-refractivity contribution in [2.24, 2.45) is 11.8 Å². The molecule has 0 amide bonds. The molecule has 2 fully saturated rings. The van der Waals surface area contributed by atoms with Crippen molar-refractivity contribution >= 4 is 0 Å². The number of nitrogens with zero attached hydrogens (tertiary/aromatic N) is 4. The Morgan fingerprint density at radius 1 is 0.677 bits per heavy atom. The molecule has 0 aliphatic carbocycles. The zero-order chi connectivity index (χ0) is 23.0. The molecule has 4 atom stereocenters. The SMILES string of the molecule is CC(C)CCN1CCN(C(C)CCC(C)CCCN2C[C@@H](C)N(C(C)C)[C@@H](C)C2)CC1. The number of rotatable bonds is 12. The molecule has 0 saturated carbocycles. The second kappa shape index (κ2) is 13.5. The van der Waals surface area contributed by atoms with Crippen molar-refractivity contribution in [1.29, 1.82) is 0 Å². The number of hydrogen-bond donors (Lipinski definition) is 0. The summed E-state index contributed by atoms with van der Waals surface area (Å²) in [6.07, 6.45) is 6.86. The van der Waals surface area contributed by atoms with E-state index in [1.165, 1.54) is 84.5 Å². The summed E-state index contributed by atoms with van der Waals surface area (Å²) in [5, 5.41) is 0. The normalized spacial score (nSPS) is 27.3. The van der Waals surface area contributed by atoms with Crippen molar-refractivity contribution < 1.29 is 0 Å². The average molecular weight is 437 g/mol. The lowest BCUT2D eigenvalue weighted by atomic mass is 9.96. The molecule has 0 N–H and O–H groups in total. The highest BCUT2D eigenvalue weighted by molar-refractivity contribution is 4.86. The Kier molecular flexibility index (Phi) is 11.8. The quantitative estimate of drug-likeness (QED) is 0.425. The Morgan fingerprint density at radius 3 is 1.84 bits per heavy atom. The molecule has 4 heteroatoms. The van der Waals surface area contributed by atoms with Gasteiger partial charge in [-0.05, 0) is 91.6 Å². The van der Waals surface area contributed by atoms with Crippen LogP contribution in [0.5, 0.6) is 0 Å². The fraction of sp³-hybridized carbons (Fsp3) is 1.00. The van der Waals surface area contributed by atoms with E-state index in [0.717, 1.165) is 17.9 Å². The van der Waals surface area contributed by atoms with E-state index in [2.05, 4.69) is 75.0 Å². The maximum Gasteiger partial charge on any atom is 0.0200 e. The van der Waals surface area contributed by atoms with E-state index >= 15 is 0 Å². The minimum atomic E-state index is 0.664. The van der Waals surface area contributed by atoms with Crippen LogP contribution in [0, 0.1) is 11.8 Å². The Bertz CT molecular complexity index is 460. The van der Waals surface area contributed by atoms with Crippen LogP contribution < -0.4 is 0 Å². The molecule has 2 heterocycles. The molecule has 4 nitrogen and oxygen atoms in total. The molecule has 2 rings (SSSR count). The summed E-state index contributed by atoms with van der Waals surface area (Å²) >= 11 is 0. The maximum atomic E-state index is 2.75. The average Bonchev–Trinajstić information content (AvgIpc) is 2.70. The highest BCUT2D eigenvalue weighted by Gasteiger charge is 2.30. The van der Waals surface area contributed by atoms with Gasteiger partial charge in [0.05, 0.1) is 0 Å². The molecule has 2 aliphatic heterocycles. The maximum absolute atomic E-state index is 2.75. The first-order valence-corrected chi connectivity index (χ1v) is 13.6. The third kappa shape index (κ3) is 9.31. The van der Waals surface area contributed by atoms with E-state index in [-0.39, 0.29) is 0 Å². The van der Waals surface area contributed by atoms with Gasteiger partial charge in [-0.15, -0.1) is 0 Å². The van der Waals surface area contributed by atoms with Crippen molar-refractivity contribution in [2.75, 3.05) is 52.4 Å². The summed E-state index contributed by atoms with van der Waals surface area (Å²) in [4.78, 5) is 10.8. The van der Waals surface area contributed by atoms with E-state index in [1.54, 1.807) is 0 Å². The minimum absolute atomic E-state index is 0.664. The van der Waals surface area contributed by atoms with Gasteiger partial charge in [0.15, 0.2) is 0 Å². The van der Waals surface area contributed by atoms with Crippen LogP contribution in [-0.4, -0.2) is 96.1 Å². The van der Waals surface area contributed by atoms with Gasteiger partial charge in [-0.1, -0.05) is 20.8 Å². The Labute approximate surface area is 195 Å². The molecule has 0 aromatic carbocycles. The van der Waals surface area contributed by atoms with Gasteiger partial charge >= 0.3 is 0 Å². The summed E-state index contributed by atoms with van der Waals surface area (Å²) in [7, 11) is 0. The van der Waals surface area contributed by atoms with Crippen molar-refractivity contribution in [1.82, 2.24) is 19.6 Å². The van der Waals surface area contributed by atoms with Crippen LogP contribution in [0.1, 0.15) is 87.5 Å². The third-order valence-electron chi connectivity index (χ3n) is 7.96. The zero-order valence-corrected chi connectivity index (χ0v) is 22.4. The minimum Gasteiger partial charge on any atom is -0.301 e. The highest BCUT2D eigenvalue weighted by Crippen LogP contribution is 2.21. The van der Waals surface area contributed by atoms with Crippen molar-refractivity contribution in [3.63, 3.8) is 0 Å². The van der Waals surface area contributed by atoms with Crippen LogP contribution in [0.25, 0.3) is 0 Å². The molecule has 0 bridgehead atoms. The largest absolute Gasteiger partial charge is 0.301 e. The van der Waals surface area contributed by atoms with Gasteiger partial charge in [-0.3, -0.25) is 9.80 Å². The van der Waals surface area contributed by atoms with Gasteiger partial charge in [0.25, 0.3) is 0 Å². The molecule has 0 aromatic rings. The molecule has 2 aliphatic rings. The first kappa shape index (κ1) is 27.1. The van der Waals surface area contributed by atoms with Gasteiger partial charge in [0, 0.05) is 63.4 Å². The molecule has 0 spiro atoms. The third-order valence-corrected chi connectivity index (χ3v) is 7.96. The summed E-state index contributed by atoms with van der Waals surface area (Å²) in [6, 6.07) is 2.79. The Morgan fingerprint density at radius 2 is 1.29 bits per heavy atom. The van der Waals surface area contributed by atoms with Gasteiger partial charge < -0.3 is 9.80 Å². The van der Waals surface area contributed by atoms with Crippen LogP contribution in [0.2, 0.25) is 0 Å².